The minimum atomic E-state index is -0.333. The first-order chi connectivity index (χ1) is 9.11. The van der Waals surface area contributed by atoms with E-state index in [1.54, 1.807) is 18.2 Å². The fourth-order valence-electron chi connectivity index (χ4n) is 2.35. The van der Waals surface area contributed by atoms with E-state index in [0.717, 1.165) is 19.4 Å². The molecule has 1 saturated heterocycles. The van der Waals surface area contributed by atoms with Crippen LogP contribution in [0.5, 0.6) is 0 Å². The monoisotopic (exact) mass is 277 g/mol. The lowest BCUT2D eigenvalue weighted by Gasteiger charge is -2.25. The highest BCUT2D eigenvalue weighted by molar-refractivity contribution is 6.32. The van der Waals surface area contributed by atoms with Gasteiger partial charge in [-0.2, -0.15) is 5.26 Å². The van der Waals surface area contributed by atoms with Gasteiger partial charge in [-0.1, -0.05) is 18.5 Å². The number of nitrogens with zero attached hydrogens (tertiary/aromatic N) is 1. The predicted molar refractivity (Wildman–Crippen MR) is 75.0 cm³/mol. The van der Waals surface area contributed by atoms with E-state index in [1.807, 2.05) is 13.0 Å². The number of nitriles is 1. The molecule has 1 unspecified atom stereocenters. The maximum atomic E-state index is 12.4. The van der Waals surface area contributed by atoms with Gasteiger partial charge in [0.25, 0.3) is 0 Å². The van der Waals surface area contributed by atoms with Crippen molar-refractivity contribution in [2.75, 3.05) is 18.4 Å². The highest BCUT2D eigenvalue weighted by Gasteiger charge is 2.39. The molecule has 1 aromatic carbocycles. The van der Waals surface area contributed by atoms with E-state index in [9.17, 15) is 4.79 Å². The topological polar surface area (TPSA) is 64.9 Å². The van der Waals surface area contributed by atoms with Gasteiger partial charge in [0.15, 0.2) is 0 Å². The van der Waals surface area contributed by atoms with Crippen LogP contribution < -0.4 is 10.6 Å². The number of halogens is 1. The first kappa shape index (κ1) is 13.9. The lowest BCUT2D eigenvalue weighted by Crippen LogP contribution is -2.37. The SMILES string of the molecule is CCC1(C(=O)Nc2ccc(C#N)c(Cl)c2)CCNC1. The summed E-state index contributed by atoms with van der Waals surface area (Å²) in [7, 11) is 0. The molecule has 1 atom stereocenters. The van der Waals surface area contributed by atoms with Crippen LogP contribution in [-0.2, 0) is 4.79 Å². The van der Waals surface area contributed by atoms with Crippen molar-refractivity contribution in [3.05, 3.63) is 28.8 Å². The molecule has 0 aliphatic carbocycles. The Hall–Kier alpha value is -1.57. The van der Waals surface area contributed by atoms with Gasteiger partial charge in [-0.25, -0.2) is 0 Å². The van der Waals surface area contributed by atoms with E-state index in [1.165, 1.54) is 0 Å². The molecular formula is C14H16ClN3O. The van der Waals surface area contributed by atoms with Crippen molar-refractivity contribution in [3.63, 3.8) is 0 Å². The highest BCUT2D eigenvalue weighted by Crippen LogP contribution is 2.31. The van der Waals surface area contributed by atoms with Crippen molar-refractivity contribution in [1.29, 1.82) is 5.26 Å². The highest BCUT2D eigenvalue weighted by atomic mass is 35.5. The van der Waals surface area contributed by atoms with Gasteiger partial charge in [-0.05, 0) is 37.6 Å². The number of hydrogen-bond donors (Lipinski definition) is 2. The fourth-order valence-corrected chi connectivity index (χ4v) is 2.57. The van der Waals surface area contributed by atoms with Crippen LogP contribution in [-0.4, -0.2) is 19.0 Å². The third-order valence-electron chi connectivity index (χ3n) is 3.75. The van der Waals surface area contributed by atoms with Crippen LogP contribution in [0.4, 0.5) is 5.69 Å². The Labute approximate surface area is 117 Å². The van der Waals surface area contributed by atoms with Gasteiger partial charge in [0, 0.05) is 12.2 Å². The first-order valence-electron chi connectivity index (χ1n) is 6.33. The Balaban J connectivity index is 2.15. The number of amides is 1. The standard InChI is InChI=1S/C14H16ClN3O/c1-2-14(5-6-17-9-14)13(19)18-11-4-3-10(8-16)12(15)7-11/h3-4,7,17H,2,5-6,9H2,1H3,(H,18,19). The fraction of sp³-hybridized carbons (Fsp3) is 0.429. The zero-order valence-electron chi connectivity index (χ0n) is 10.8. The van der Waals surface area contributed by atoms with Gasteiger partial charge < -0.3 is 10.6 Å². The molecular weight excluding hydrogens is 262 g/mol. The molecule has 19 heavy (non-hydrogen) atoms. The van der Waals surface area contributed by atoms with Crippen molar-refractivity contribution >= 4 is 23.2 Å². The lowest BCUT2D eigenvalue weighted by atomic mass is 9.83. The molecule has 0 spiro atoms. The van der Waals surface area contributed by atoms with Crippen LogP contribution in [0, 0.1) is 16.7 Å². The van der Waals surface area contributed by atoms with Crippen molar-refractivity contribution < 1.29 is 4.79 Å². The van der Waals surface area contributed by atoms with E-state index >= 15 is 0 Å². The lowest BCUT2D eigenvalue weighted by molar-refractivity contribution is -0.124. The molecule has 0 aromatic heterocycles. The Kier molecular flexibility index (Phi) is 4.08. The summed E-state index contributed by atoms with van der Waals surface area (Å²) in [5, 5.41) is 15.3. The van der Waals surface area contributed by atoms with Gasteiger partial charge >= 0.3 is 0 Å². The third kappa shape index (κ3) is 2.73. The summed E-state index contributed by atoms with van der Waals surface area (Å²) in [4.78, 5) is 12.4. The summed E-state index contributed by atoms with van der Waals surface area (Å²) < 4.78 is 0. The van der Waals surface area contributed by atoms with Crippen LogP contribution in [0.3, 0.4) is 0 Å². The van der Waals surface area contributed by atoms with Crippen molar-refractivity contribution in [2.45, 2.75) is 19.8 Å². The van der Waals surface area contributed by atoms with Crippen molar-refractivity contribution in [1.82, 2.24) is 5.32 Å². The normalized spacial score (nSPS) is 21.9. The Bertz CT molecular complexity index is 530. The van der Waals surface area contributed by atoms with Gasteiger partial charge in [-0.3, -0.25) is 4.79 Å². The zero-order valence-corrected chi connectivity index (χ0v) is 11.5. The second kappa shape index (κ2) is 5.60. The van der Waals surface area contributed by atoms with Gasteiger partial charge in [0.05, 0.1) is 16.0 Å². The summed E-state index contributed by atoms with van der Waals surface area (Å²) in [5.41, 5.74) is 0.710. The number of hydrogen-bond acceptors (Lipinski definition) is 3. The molecule has 1 heterocycles. The number of anilines is 1. The molecule has 1 fully saturated rings. The Morgan fingerprint density at radius 1 is 1.63 bits per heavy atom. The second-order valence-corrected chi connectivity index (χ2v) is 5.23. The largest absolute Gasteiger partial charge is 0.326 e. The molecule has 1 aliphatic rings. The van der Waals surface area contributed by atoms with E-state index in [-0.39, 0.29) is 11.3 Å². The molecule has 0 radical (unpaired) electrons. The van der Waals surface area contributed by atoms with Crippen LogP contribution in [0.2, 0.25) is 5.02 Å². The van der Waals surface area contributed by atoms with Crippen LogP contribution in [0.15, 0.2) is 18.2 Å². The quantitative estimate of drug-likeness (QED) is 0.892. The Morgan fingerprint density at radius 2 is 2.42 bits per heavy atom. The number of rotatable bonds is 3. The minimum Gasteiger partial charge on any atom is -0.326 e. The first-order valence-corrected chi connectivity index (χ1v) is 6.71. The average Bonchev–Trinajstić information content (AvgIpc) is 2.89. The molecule has 4 nitrogen and oxygen atoms in total. The van der Waals surface area contributed by atoms with Gasteiger partial charge in [-0.15, -0.1) is 0 Å². The van der Waals surface area contributed by atoms with E-state index in [0.29, 0.717) is 22.8 Å². The van der Waals surface area contributed by atoms with Gasteiger partial charge in [0.2, 0.25) is 5.91 Å². The van der Waals surface area contributed by atoms with Gasteiger partial charge in [0.1, 0.15) is 6.07 Å². The average molecular weight is 278 g/mol. The summed E-state index contributed by atoms with van der Waals surface area (Å²) >= 11 is 5.96. The maximum absolute atomic E-state index is 12.4. The summed E-state index contributed by atoms with van der Waals surface area (Å²) in [6.45, 7) is 3.60. The smallest absolute Gasteiger partial charge is 0.231 e. The van der Waals surface area contributed by atoms with Crippen LogP contribution in [0.1, 0.15) is 25.3 Å². The number of carbonyl (C=O) groups is 1. The number of carbonyl (C=O) groups excluding carboxylic acids is 1. The molecule has 1 amide bonds. The summed E-state index contributed by atoms with van der Waals surface area (Å²) in [6.07, 6.45) is 1.65. The maximum Gasteiger partial charge on any atom is 0.231 e. The molecule has 5 heteroatoms. The van der Waals surface area contributed by atoms with Crippen molar-refractivity contribution in [3.8, 4) is 6.07 Å². The molecule has 0 saturated carbocycles. The summed E-state index contributed by atoms with van der Waals surface area (Å²) in [5.74, 6) is 0.0146. The Morgan fingerprint density at radius 3 is 2.95 bits per heavy atom. The van der Waals surface area contributed by atoms with Crippen molar-refractivity contribution in [2.24, 2.45) is 5.41 Å². The molecule has 1 aliphatic heterocycles. The third-order valence-corrected chi connectivity index (χ3v) is 4.06. The molecule has 1 aromatic rings. The molecule has 2 rings (SSSR count). The number of nitrogens with one attached hydrogen (secondary N) is 2. The van der Waals surface area contributed by atoms with E-state index in [2.05, 4.69) is 10.6 Å². The number of benzene rings is 1. The minimum absolute atomic E-state index is 0.0146. The second-order valence-electron chi connectivity index (χ2n) is 4.82. The predicted octanol–water partition coefficient (Wildman–Crippen LogP) is 2.54. The summed E-state index contributed by atoms with van der Waals surface area (Å²) in [6, 6.07) is 6.93. The van der Waals surface area contributed by atoms with E-state index < -0.39 is 0 Å². The molecule has 2 N–H and O–H groups in total. The molecule has 0 bridgehead atoms. The molecule has 100 valence electrons. The van der Waals surface area contributed by atoms with E-state index in [4.69, 9.17) is 16.9 Å². The van der Waals surface area contributed by atoms with Crippen LogP contribution in [0.25, 0.3) is 0 Å². The zero-order chi connectivity index (χ0) is 13.9. The van der Waals surface area contributed by atoms with Crippen LogP contribution >= 0.6 is 11.6 Å².